The van der Waals surface area contributed by atoms with E-state index in [1.54, 1.807) is 0 Å². The van der Waals surface area contributed by atoms with Gasteiger partial charge in [0.15, 0.2) is 5.78 Å². The molecule has 0 amide bonds. The number of carbonyl (C=O) groups excluding carboxylic acids is 1. The number of alkyl halides is 3. The van der Waals surface area contributed by atoms with Gasteiger partial charge in [-0.25, -0.2) is 0 Å². The number of carbonyl (C=O) groups is 1. The van der Waals surface area contributed by atoms with Crippen LogP contribution in [0.2, 0.25) is 0 Å². The van der Waals surface area contributed by atoms with Gasteiger partial charge >= 0.3 is 6.18 Å². The number of halogens is 3. The van der Waals surface area contributed by atoms with Crippen molar-refractivity contribution in [2.24, 2.45) is 5.92 Å². The molecule has 1 nitrogen and oxygen atoms in total. The molecule has 1 fully saturated rings. The predicted molar refractivity (Wildman–Crippen MR) is 46.8 cm³/mol. The van der Waals surface area contributed by atoms with E-state index in [9.17, 15) is 18.0 Å². The predicted octanol–water partition coefficient (Wildman–Crippen LogP) is 3.25. The van der Waals surface area contributed by atoms with Crippen LogP contribution in [0.25, 0.3) is 0 Å². The first-order valence-corrected chi connectivity index (χ1v) is 4.66. The highest BCUT2D eigenvalue weighted by molar-refractivity contribution is 5.87. The molecule has 0 aromatic rings. The maximum Gasteiger partial charge on any atom is 0.392 e. The van der Waals surface area contributed by atoms with Crippen LogP contribution >= 0.6 is 0 Å². The Balaban J connectivity index is 2.65. The summed E-state index contributed by atoms with van der Waals surface area (Å²) in [4.78, 5) is 10.7. The smallest absolute Gasteiger partial charge is 0.295 e. The molecule has 0 aromatic carbocycles. The third kappa shape index (κ3) is 3.16. The Labute approximate surface area is 81.0 Å². The van der Waals surface area contributed by atoms with Crippen LogP contribution in [0.5, 0.6) is 0 Å². The van der Waals surface area contributed by atoms with E-state index in [2.05, 4.69) is 0 Å². The molecule has 0 bridgehead atoms. The van der Waals surface area contributed by atoms with Gasteiger partial charge in [0.2, 0.25) is 0 Å². The number of allylic oxidation sites excluding steroid dienone is 2. The van der Waals surface area contributed by atoms with E-state index in [1.807, 2.05) is 0 Å². The van der Waals surface area contributed by atoms with E-state index in [1.165, 1.54) is 13.0 Å². The van der Waals surface area contributed by atoms with Crippen molar-refractivity contribution < 1.29 is 18.0 Å². The van der Waals surface area contributed by atoms with E-state index in [0.717, 1.165) is 0 Å². The van der Waals surface area contributed by atoms with Gasteiger partial charge in [0.25, 0.3) is 0 Å². The fourth-order valence-corrected chi connectivity index (χ4v) is 1.79. The Kier molecular flexibility index (Phi) is 3.34. The first kappa shape index (κ1) is 11.3. The summed E-state index contributed by atoms with van der Waals surface area (Å²) in [6.07, 6.45) is -1.41. The summed E-state index contributed by atoms with van der Waals surface area (Å²) < 4.78 is 37.0. The van der Waals surface area contributed by atoms with E-state index in [4.69, 9.17) is 0 Å². The topological polar surface area (TPSA) is 17.1 Å². The highest BCUT2D eigenvalue weighted by Crippen LogP contribution is 2.39. The molecular weight excluding hydrogens is 193 g/mol. The minimum absolute atomic E-state index is 0.00306. The molecule has 0 heterocycles. The molecule has 1 aliphatic carbocycles. The Morgan fingerprint density at radius 2 is 2.14 bits per heavy atom. The van der Waals surface area contributed by atoms with Crippen LogP contribution in [0.15, 0.2) is 11.6 Å². The minimum Gasteiger partial charge on any atom is -0.295 e. The lowest BCUT2D eigenvalue weighted by atomic mass is 9.84. The molecule has 0 saturated heterocycles. The van der Waals surface area contributed by atoms with Crippen molar-refractivity contribution in [1.29, 1.82) is 0 Å². The summed E-state index contributed by atoms with van der Waals surface area (Å²) in [5.74, 6) is -1.41. The molecule has 0 radical (unpaired) electrons. The van der Waals surface area contributed by atoms with Gasteiger partial charge in [0.1, 0.15) is 0 Å². The van der Waals surface area contributed by atoms with Gasteiger partial charge < -0.3 is 0 Å². The van der Waals surface area contributed by atoms with E-state index < -0.39 is 12.1 Å². The lowest BCUT2D eigenvalue weighted by Gasteiger charge is -2.26. The lowest BCUT2D eigenvalue weighted by molar-refractivity contribution is -0.178. The van der Waals surface area contributed by atoms with Crippen molar-refractivity contribution in [1.82, 2.24) is 0 Å². The first-order valence-electron chi connectivity index (χ1n) is 4.66. The molecule has 1 aliphatic rings. The van der Waals surface area contributed by atoms with Crippen molar-refractivity contribution in [3.8, 4) is 0 Å². The average molecular weight is 206 g/mol. The van der Waals surface area contributed by atoms with Crippen LogP contribution in [0.3, 0.4) is 0 Å². The highest BCUT2D eigenvalue weighted by atomic mass is 19.4. The summed E-state index contributed by atoms with van der Waals surface area (Å²) in [5.41, 5.74) is 0.645. The molecule has 1 rings (SSSR count). The SMILES string of the molecule is CC(=O)/C=C1/CCCC(C(F)(F)F)C1. The molecule has 4 heteroatoms. The molecule has 0 aromatic heterocycles. The standard InChI is InChI=1S/C10H13F3O/c1-7(14)5-8-3-2-4-9(6-8)10(11,12)13/h5,9H,2-4,6H2,1H3/b8-5-. The minimum atomic E-state index is -4.11. The van der Waals surface area contributed by atoms with Gasteiger partial charge in [-0.05, 0) is 38.7 Å². The largest absolute Gasteiger partial charge is 0.392 e. The normalized spacial score (nSPS) is 26.6. The van der Waals surface area contributed by atoms with Crippen LogP contribution in [0.1, 0.15) is 32.6 Å². The average Bonchev–Trinajstić information content (AvgIpc) is 2.01. The molecule has 0 aliphatic heterocycles. The molecule has 14 heavy (non-hydrogen) atoms. The van der Waals surface area contributed by atoms with Crippen molar-refractivity contribution in [3.63, 3.8) is 0 Å². The maximum absolute atomic E-state index is 12.3. The van der Waals surface area contributed by atoms with Gasteiger partial charge in [0.05, 0.1) is 5.92 Å². The van der Waals surface area contributed by atoms with Crippen LogP contribution < -0.4 is 0 Å². The molecule has 0 N–H and O–H groups in total. The molecule has 1 unspecified atom stereocenters. The summed E-state index contributed by atoms with van der Waals surface area (Å²) in [5, 5.41) is 0. The zero-order chi connectivity index (χ0) is 10.8. The molecule has 0 spiro atoms. The Morgan fingerprint density at radius 1 is 1.50 bits per heavy atom. The van der Waals surface area contributed by atoms with E-state index >= 15 is 0 Å². The van der Waals surface area contributed by atoms with Crippen molar-refractivity contribution in [2.45, 2.75) is 38.8 Å². The van der Waals surface area contributed by atoms with E-state index in [0.29, 0.717) is 18.4 Å². The fourth-order valence-electron chi connectivity index (χ4n) is 1.79. The Hall–Kier alpha value is -0.800. The number of rotatable bonds is 1. The summed E-state index contributed by atoms with van der Waals surface area (Å²) >= 11 is 0. The second-order valence-electron chi connectivity index (χ2n) is 3.75. The quantitative estimate of drug-likeness (QED) is 0.602. The van der Waals surface area contributed by atoms with Crippen molar-refractivity contribution in [3.05, 3.63) is 11.6 Å². The van der Waals surface area contributed by atoms with Crippen molar-refractivity contribution >= 4 is 5.78 Å². The zero-order valence-corrected chi connectivity index (χ0v) is 8.03. The van der Waals surface area contributed by atoms with Gasteiger partial charge in [-0.1, -0.05) is 5.57 Å². The van der Waals surface area contributed by atoms with Crippen LogP contribution in [0.4, 0.5) is 13.2 Å². The number of hydrogen-bond donors (Lipinski definition) is 0. The fraction of sp³-hybridized carbons (Fsp3) is 0.700. The van der Waals surface area contributed by atoms with Gasteiger partial charge in [0, 0.05) is 0 Å². The van der Waals surface area contributed by atoms with Crippen LogP contribution in [0, 0.1) is 5.92 Å². The van der Waals surface area contributed by atoms with Crippen LogP contribution in [-0.2, 0) is 4.79 Å². The Bertz CT molecular complexity index is 253. The second-order valence-corrected chi connectivity index (χ2v) is 3.75. The Morgan fingerprint density at radius 3 is 2.64 bits per heavy atom. The van der Waals surface area contributed by atoms with E-state index in [-0.39, 0.29) is 18.6 Å². The number of ketones is 1. The first-order chi connectivity index (χ1) is 6.39. The summed E-state index contributed by atoms with van der Waals surface area (Å²) in [6, 6.07) is 0. The van der Waals surface area contributed by atoms with Crippen molar-refractivity contribution in [2.75, 3.05) is 0 Å². The van der Waals surface area contributed by atoms with Gasteiger partial charge in [-0.2, -0.15) is 13.2 Å². The zero-order valence-electron chi connectivity index (χ0n) is 8.03. The third-order valence-electron chi connectivity index (χ3n) is 2.43. The summed E-state index contributed by atoms with van der Waals surface area (Å²) in [6.45, 7) is 1.37. The van der Waals surface area contributed by atoms with Gasteiger partial charge in [-0.15, -0.1) is 0 Å². The summed E-state index contributed by atoms with van der Waals surface area (Å²) in [7, 11) is 0. The third-order valence-corrected chi connectivity index (χ3v) is 2.43. The second kappa shape index (κ2) is 4.15. The maximum atomic E-state index is 12.3. The lowest BCUT2D eigenvalue weighted by Crippen LogP contribution is -2.26. The molecular formula is C10H13F3O. The molecule has 80 valence electrons. The monoisotopic (exact) mass is 206 g/mol. The molecule has 1 atom stereocenters. The highest BCUT2D eigenvalue weighted by Gasteiger charge is 2.40. The van der Waals surface area contributed by atoms with Crippen LogP contribution in [-0.4, -0.2) is 12.0 Å². The molecule has 1 saturated carbocycles. The number of hydrogen-bond acceptors (Lipinski definition) is 1. The van der Waals surface area contributed by atoms with Gasteiger partial charge in [-0.3, -0.25) is 4.79 Å².